The Hall–Kier alpha value is -2.18. The molecule has 0 aliphatic carbocycles. The SMILES string of the molecule is CCOC(=O)/C(C)=C/c1ncc([N+](=O)[O-])n1C. The van der Waals surface area contributed by atoms with Crippen LogP contribution in [-0.4, -0.2) is 27.1 Å². The molecule has 0 spiro atoms. The van der Waals surface area contributed by atoms with E-state index in [1.807, 2.05) is 0 Å². The van der Waals surface area contributed by atoms with Gasteiger partial charge in [-0.1, -0.05) is 0 Å². The van der Waals surface area contributed by atoms with E-state index in [0.717, 1.165) is 6.20 Å². The predicted molar refractivity (Wildman–Crippen MR) is 60.1 cm³/mol. The number of nitro groups is 1. The highest BCUT2D eigenvalue weighted by Crippen LogP contribution is 2.14. The molecule has 0 aromatic carbocycles. The first kappa shape index (κ1) is 12.9. The quantitative estimate of drug-likeness (QED) is 0.342. The number of hydrogen-bond acceptors (Lipinski definition) is 5. The zero-order valence-electron chi connectivity index (χ0n) is 9.84. The van der Waals surface area contributed by atoms with Crippen LogP contribution in [0.25, 0.3) is 6.08 Å². The maximum Gasteiger partial charge on any atom is 0.342 e. The van der Waals surface area contributed by atoms with E-state index in [1.165, 1.54) is 17.7 Å². The van der Waals surface area contributed by atoms with Crippen molar-refractivity contribution in [2.45, 2.75) is 13.8 Å². The molecule has 1 heterocycles. The Kier molecular flexibility index (Phi) is 3.97. The molecule has 0 saturated heterocycles. The molecular formula is C10H13N3O4. The van der Waals surface area contributed by atoms with Crippen LogP contribution < -0.4 is 0 Å². The Morgan fingerprint density at radius 1 is 1.71 bits per heavy atom. The van der Waals surface area contributed by atoms with Crippen molar-refractivity contribution >= 4 is 17.9 Å². The van der Waals surface area contributed by atoms with Gasteiger partial charge < -0.3 is 14.9 Å². The van der Waals surface area contributed by atoms with E-state index in [4.69, 9.17) is 4.74 Å². The number of nitrogens with zero attached hydrogens (tertiary/aromatic N) is 3. The van der Waals surface area contributed by atoms with Crippen LogP contribution in [-0.2, 0) is 16.6 Å². The highest BCUT2D eigenvalue weighted by molar-refractivity contribution is 5.92. The second kappa shape index (κ2) is 5.24. The van der Waals surface area contributed by atoms with E-state index in [1.54, 1.807) is 13.8 Å². The zero-order valence-corrected chi connectivity index (χ0v) is 9.84. The number of carbonyl (C=O) groups excluding carboxylic acids is 1. The van der Waals surface area contributed by atoms with Crippen LogP contribution in [0.15, 0.2) is 11.8 Å². The monoisotopic (exact) mass is 239 g/mol. The Balaban J connectivity index is 2.99. The summed E-state index contributed by atoms with van der Waals surface area (Å²) in [7, 11) is 1.51. The van der Waals surface area contributed by atoms with Crippen LogP contribution in [0.2, 0.25) is 0 Å². The molecule has 0 saturated carbocycles. The summed E-state index contributed by atoms with van der Waals surface area (Å²) in [6, 6.07) is 0. The Morgan fingerprint density at radius 3 is 2.82 bits per heavy atom. The number of imidazole rings is 1. The minimum atomic E-state index is -0.538. The highest BCUT2D eigenvalue weighted by atomic mass is 16.6. The molecular weight excluding hydrogens is 226 g/mol. The van der Waals surface area contributed by atoms with Gasteiger partial charge in [0, 0.05) is 11.6 Å². The Labute approximate surface area is 97.9 Å². The molecule has 0 atom stereocenters. The number of ether oxygens (including phenoxy) is 1. The van der Waals surface area contributed by atoms with Gasteiger partial charge in [-0.25, -0.2) is 14.3 Å². The number of rotatable bonds is 4. The molecule has 0 amide bonds. The molecule has 0 unspecified atom stereocenters. The average Bonchev–Trinajstić information content (AvgIpc) is 2.61. The van der Waals surface area contributed by atoms with E-state index >= 15 is 0 Å². The molecule has 0 bridgehead atoms. The Bertz CT molecular complexity index is 476. The summed E-state index contributed by atoms with van der Waals surface area (Å²) in [5.74, 6) is -0.256. The topological polar surface area (TPSA) is 87.3 Å². The lowest BCUT2D eigenvalue weighted by atomic mass is 10.3. The maximum absolute atomic E-state index is 11.3. The summed E-state index contributed by atoms with van der Waals surface area (Å²) in [6.45, 7) is 3.56. The van der Waals surface area contributed by atoms with E-state index in [9.17, 15) is 14.9 Å². The largest absolute Gasteiger partial charge is 0.463 e. The predicted octanol–water partition coefficient (Wildman–Crippen LogP) is 1.29. The van der Waals surface area contributed by atoms with Gasteiger partial charge in [0.2, 0.25) is 5.82 Å². The molecule has 0 N–H and O–H groups in total. The molecule has 0 aliphatic heterocycles. The van der Waals surface area contributed by atoms with Crippen LogP contribution in [0, 0.1) is 10.1 Å². The first-order valence-corrected chi connectivity index (χ1v) is 4.99. The van der Waals surface area contributed by atoms with Gasteiger partial charge >= 0.3 is 11.8 Å². The molecule has 0 fully saturated rings. The van der Waals surface area contributed by atoms with Gasteiger partial charge in [-0.2, -0.15) is 0 Å². The molecule has 17 heavy (non-hydrogen) atoms. The fourth-order valence-corrected chi connectivity index (χ4v) is 1.22. The highest BCUT2D eigenvalue weighted by Gasteiger charge is 2.16. The lowest BCUT2D eigenvalue weighted by Crippen LogP contribution is -2.06. The van der Waals surface area contributed by atoms with Crippen LogP contribution in [0.5, 0.6) is 0 Å². The van der Waals surface area contributed by atoms with E-state index in [-0.39, 0.29) is 12.4 Å². The van der Waals surface area contributed by atoms with Gasteiger partial charge in [-0.3, -0.25) is 0 Å². The Morgan fingerprint density at radius 2 is 2.35 bits per heavy atom. The van der Waals surface area contributed by atoms with Crippen molar-refractivity contribution in [2.75, 3.05) is 6.61 Å². The van der Waals surface area contributed by atoms with Crippen molar-refractivity contribution < 1.29 is 14.5 Å². The fourth-order valence-electron chi connectivity index (χ4n) is 1.22. The molecule has 7 nitrogen and oxygen atoms in total. The minimum Gasteiger partial charge on any atom is -0.463 e. The summed E-state index contributed by atoms with van der Waals surface area (Å²) in [5, 5.41) is 10.6. The number of aromatic nitrogens is 2. The molecule has 0 aliphatic rings. The first-order chi connectivity index (χ1) is 7.97. The van der Waals surface area contributed by atoms with Crippen LogP contribution in [0.4, 0.5) is 5.82 Å². The number of carbonyl (C=O) groups is 1. The van der Waals surface area contributed by atoms with Gasteiger partial charge in [0.15, 0.2) is 0 Å². The van der Waals surface area contributed by atoms with Crippen molar-refractivity contribution in [3.05, 3.63) is 27.7 Å². The smallest absolute Gasteiger partial charge is 0.342 e. The summed E-state index contributed by atoms with van der Waals surface area (Å²) in [5.41, 5.74) is 0.343. The van der Waals surface area contributed by atoms with Crippen LogP contribution in [0.1, 0.15) is 19.7 Å². The molecule has 1 aromatic heterocycles. The molecule has 1 rings (SSSR count). The van der Waals surface area contributed by atoms with Crippen molar-refractivity contribution in [2.24, 2.45) is 7.05 Å². The van der Waals surface area contributed by atoms with Crippen molar-refractivity contribution in [3.63, 3.8) is 0 Å². The molecule has 92 valence electrons. The van der Waals surface area contributed by atoms with E-state index in [0.29, 0.717) is 11.4 Å². The third kappa shape index (κ3) is 2.90. The molecule has 1 aromatic rings. The first-order valence-electron chi connectivity index (χ1n) is 4.99. The summed E-state index contributed by atoms with van der Waals surface area (Å²) in [6.07, 6.45) is 2.59. The van der Waals surface area contributed by atoms with Gasteiger partial charge in [0.05, 0.1) is 13.7 Å². The second-order valence-corrected chi connectivity index (χ2v) is 3.34. The van der Waals surface area contributed by atoms with Crippen molar-refractivity contribution in [3.8, 4) is 0 Å². The normalized spacial score (nSPS) is 11.4. The minimum absolute atomic E-state index is 0.132. The number of esters is 1. The van der Waals surface area contributed by atoms with Crippen molar-refractivity contribution in [1.82, 2.24) is 9.55 Å². The second-order valence-electron chi connectivity index (χ2n) is 3.34. The molecule has 7 heteroatoms. The van der Waals surface area contributed by atoms with Crippen LogP contribution >= 0.6 is 0 Å². The van der Waals surface area contributed by atoms with Gasteiger partial charge in [0.25, 0.3) is 0 Å². The maximum atomic E-state index is 11.3. The van der Waals surface area contributed by atoms with E-state index in [2.05, 4.69) is 4.98 Å². The van der Waals surface area contributed by atoms with Gasteiger partial charge in [-0.15, -0.1) is 0 Å². The van der Waals surface area contributed by atoms with E-state index < -0.39 is 10.9 Å². The summed E-state index contributed by atoms with van der Waals surface area (Å²) >= 11 is 0. The third-order valence-electron chi connectivity index (χ3n) is 2.13. The van der Waals surface area contributed by atoms with Crippen LogP contribution in [0.3, 0.4) is 0 Å². The lowest BCUT2D eigenvalue weighted by molar-refractivity contribution is -0.391. The fraction of sp³-hybridized carbons (Fsp3) is 0.400. The standard InChI is InChI=1S/C10H13N3O4/c1-4-17-10(14)7(2)5-8-11-6-9(12(8)3)13(15)16/h5-6H,4H2,1-3H3/b7-5+. The average molecular weight is 239 g/mol. The molecule has 0 radical (unpaired) electrons. The lowest BCUT2D eigenvalue weighted by Gasteiger charge is -2.00. The third-order valence-corrected chi connectivity index (χ3v) is 2.13. The van der Waals surface area contributed by atoms with Gasteiger partial charge in [0.1, 0.15) is 6.20 Å². The zero-order chi connectivity index (χ0) is 13.0. The number of hydrogen-bond donors (Lipinski definition) is 0. The summed E-state index contributed by atoms with van der Waals surface area (Å²) in [4.78, 5) is 25.2. The summed E-state index contributed by atoms with van der Waals surface area (Å²) < 4.78 is 6.09. The van der Waals surface area contributed by atoms with Gasteiger partial charge in [-0.05, 0) is 18.8 Å². The van der Waals surface area contributed by atoms with Crippen molar-refractivity contribution in [1.29, 1.82) is 0 Å².